The van der Waals surface area contributed by atoms with Gasteiger partial charge in [-0.05, 0) is 84.1 Å². The van der Waals surface area contributed by atoms with Crippen LogP contribution in [-0.2, 0) is 57.5 Å². The van der Waals surface area contributed by atoms with Gasteiger partial charge in [0.25, 0.3) is 5.91 Å². The fourth-order valence-electron chi connectivity index (χ4n) is 7.89. The van der Waals surface area contributed by atoms with Crippen molar-refractivity contribution < 1.29 is 62.6 Å². The number of rotatable bonds is 33. The average Bonchev–Trinajstić information content (AvgIpc) is 3.83. The third kappa shape index (κ3) is 22.0. The molecule has 1 fully saturated rings. The molecular formula is C46H81N15O13. The Hall–Kier alpha value is -6.97. The second kappa shape index (κ2) is 33.0. The van der Waals surface area contributed by atoms with E-state index in [1.807, 2.05) is 0 Å². The quantitative estimate of drug-likeness (QED) is 0.0166. The molecule has 1 aliphatic rings. The van der Waals surface area contributed by atoms with Gasteiger partial charge in [-0.25, -0.2) is 0 Å². The smallest absolute Gasteiger partial charge is 0.252 e. The van der Waals surface area contributed by atoms with Crippen LogP contribution in [-0.4, -0.2) is 172 Å². The molecule has 28 heteroatoms. The zero-order valence-electron chi connectivity index (χ0n) is 43.7. The molecule has 0 aromatic carbocycles. The van der Waals surface area contributed by atoms with Crippen molar-refractivity contribution in [2.24, 2.45) is 39.6 Å². The summed E-state index contributed by atoms with van der Waals surface area (Å²) in [5.74, 6) is -10.9. The van der Waals surface area contributed by atoms with E-state index in [1.54, 1.807) is 20.8 Å². The maximum atomic E-state index is 14.6. The number of likely N-dealkylation sites (tertiary alicyclic amines) is 1. The van der Waals surface area contributed by atoms with Gasteiger partial charge in [-0.3, -0.25) is 67.4 Å². The van der Waals surface area contributed by atoms with Crippen LogP contribution in [0.4, 0.5) is 0 Å². The molecule has 0 saturated carbocycles. The van der Waals surface area contributed by atoms with E-state index in [4.69, 9.17) is 28.7 Å². The van der Waals surface area contributed by atoms with Crippen molar-refractivity contribution in [1.82, 2.24) is 47.0 Å². The van der Waals surface area contributed by atoms with E-state index in [-0.39, 0.29) is 83.4 Å². The van der Waals surface area contributed by atoms with E-state index in [0.29, 0.717) is 24.2 Å². The van der Waals surface area contributed by atoms with Gasteiger partial charge in [0.05, 0.1) is 12.6 Å². The summed E-state index contributed by atoms with van der Waals surface area (Å²) in [6, 6.07) is -11.1. The van der Waals surface area contributed by atoms with Crippen LogP contribution in [0.5, 0.6) is 0 Å². The lowest BCUT2D eigenvalue weighted by Gasteiger charge is -2.34. The molecule has 0 unspecified atom stereocenters. The van der Waals surface area contributed by atoms with Gasteiger partial charge in [0.2, 0.25) is 65.0 Å². The summed E-state index contributed by atoms with van der Waals surface area (Å²) >= 11 is 0. The second-order valence-corrected chi connectivity index (χ2v) is 18.3. The molecule has 1 rings (SSSR count). The molecule has 74 heavy (non-hydrogen) atoms. The number of aliphatic imine (C=N–C) groups is 1. The lowest BCUT2D eigenvalue weighted by molar-refractivity contribution is -0.154. The zero-order chi connectivity index (χ0) is 56.4. The SMILES string of the molecule is CCC[C@H](NC(=O)[C@@H](NC(=O)[C@H](NC(=O)[C@H](CCC(N)=O)NC(=O)CNC(C)=O)[C@@H](C)CC)[C@@H](C)O)C(=O)N(C(C)=O)[C@@H](CCCCN)C(=O)N[C@@H](CCCN=C(N)N)C(=O)N1CCC[C@H]1C(=O)N[C@H](C)C(N)=O. The van der Waals surface area contributed by atoms with Gasteiger partial charge in [-0.15, -0.1) is 0 Å². The fourth-order valence-corrected chi connectivity index (χ4v) is 7.89. The van der Waals surface area contributed by atoms with Crippen LogP contribution in [0.3, 0.4) is 0 Å². The standard InChI is InChI=1S/C46H81N15O13/c1-8-14-30(57-43(72)37(26(5)62)59-42(71)36(24(3)9-2)58-39(68)29(18-19-34(48)65)55-35(66)23-53-27(6)63)45(74)61(28(7)64)33(16-10-11-20-47)41(70)56-31(15-12-21-52-46(50)51)44(73)60-22-13-17-32(60)40(69)54-25(4)38(49)67/h24-26,29-33,36-37,62H,8-23,47H2,1-7H3,(H2,48,65)(H2,49,67)(H,53,63)(H,54,69)(H,55,66)(H,56,70)(H,57,72)(H,58,68)(H,59,71)(H4,50,51,52)/t24-,25+,26+,29-,30-,31-,32-,33-,36+,37-/m0/s1. The molecular weight excluding hydrogens is 971 g/mol. The minimum atomic E-state index is -1.78. The van der Waals surface area contributed by atoms with E-state index < -0.39 is 138 Å². The zero-order valence-corrected chi connectivity index (χ0v) is 43.7. The van der Waals surface area contributed by atoms with Crippen LogP contribution in [0.15, 0.2) is 4.99 Å². The maximum absolute atomic E-state index is 14.6. The summed E-state index contributed by atoms with van der Waals surface area (Å²) < 4.78 is 0. The van der Waals surface area contributed by atoms with E-state index >= 15 is 0 Å². The highest BCUT2D eigenvalue weighted by Crippen LogP contribution is 2.22. The first-order valence-corrected chi connectivity index (χ1v) is 24.9. The molecule has 10 atom stereocenters. The van der Waals surface area contributed by atoms with Crippen molar-refractivity contribution in [2.75, 3.05) is 26.2 Å². The number of unbranched alkanes of at least 4 members (excludes halogenated alkanes) is 1. The molecule has 1 saturated heterocycles. The molecule has 28 nitrogen and oxygen atoms in total. The minimum Gasteiger partial charge on any atom is -0.391 e. The first-order chi connectivity index (χ1) is 34.7. The number of nitrogens with two attached hydrogens (primary N) is 5. The van der Waals surface area contributed by atoms with Gasteiger partial charge in [-0.2, -0.15) is 0 Å². The number of primary amides is 2. The number of hydrogen-bond donors (Lipinski definition) is 13. The van der Waals surface area contributed by atoms with Gasteiger partial charge >= 0.3 is 0 Å². The Morgan fingerprint density at radius 1 is 0.716 bits per heavy atom. The largest absolute Gasteiger partial charge is 0.391 e. The fraction of sp³-hybridized carbons (Fsp3) is 0.717. The average molecular weight is 1050 g/mol. The molecule has 0 spiro atoms. The van der Waals surface area contributed by atoms with Crippen molar-refractivity contribution in [3.63, 3.8) is 0 Å². The van der Waals surface area contributed by atoms with Crippen molar-refractivity contribution >= 4 is 76.8 Å². The Kier molecular flexibility index (Phi) is 29.0. The third-order valence-corrected chi connectivity index (χ3v) is 12.2. The van der Waals surface area contributed by atoms with Gasteiger partial charge in [-0.1, -0.05) is 33.6 Å². The van der Waals surface area contributed by atoms with Crippen LogP contribution >= 0.6 is 0 Å². The van der Waals surface area contributed by atoms with Crippen LogP contribution in [0.25, 0.3) is 0 Å². The molecule has 18 N–H and O–H groups in total. The normalized spacial score (nSPS) is 16.7. The monoisotopic (exact) mass is 1050 g/mol. The summed E-state index contributed by atoms with van der Waals surface area (Å²) in [5, 5.41) is 28.2. The number of aliphatic hydroxyl groups is 1. The van der Waals surface area contributed by atoms with Crippen molar-refractivity contribution in [3.8, 4) is 0 Å². The molecule has 0 aromatic heterocycles. The Morgan fingerprint density at radius 3 is 1.88 bits per heavy atom. The maximum Gasteiger partial charge on any atom is 0.252 e. The Balaban J connectivity index is 3.62. The van der Waals surface area contributed by atoms with Crippen molar-refractivity contribution in [3.05, 3.63) is 0 Å². The number of amides is 12. The molecule has 1 heterocycles. The lowest BCUT2D eigenvalue weighted by Crippen LogP contribution is -2.63. The number of carbonyl (C=O) groups is 12. The molecule has 0 aliphatic carbocycles. The summed E-state index contributed by atoms with van der Waals surface area (Å²) in [5.41, 5.74) is 27.4. The number of carbonyl (C=O) groups excluding carboxylic acids is 12. The lowest BCUT2D eigenvalue weighted by atomic mass is 9.96. The highest BCUT2D eigenvalue weighted by atomic mass is 16.3. The van der Waals surface area contributed by atoms with Crippen LogP contribution in [0.2, 0.25) is 0 Å². The minimum absolute atomic E-state index is 0.0415. The highest BCUT2D eigenvalue weighted by molar-refractivity contribution is 6.04. The van der Waals surface area contributed by atoms with Crippen LogP contribution in [0.1, 0.15) is 126 Å². The molecule has 418 valence electrons. The van der Waals surface area contributed by atoms with Gasteiger partial charge in [0, 0.05) is 33.4 Å². The van der Waals surface area contributed by atoms with E-state index in [1.165, 1.54) is 25.7 Å². The number of guanidine groups is 1. The Bertz CT molecular complexity index is 2020. The summed E-state index contributed by atoms with van der Waals surface area (Å²) in [6.45, 7) is 9.56. The molecule has 1 aliphatic heterocycles. The third-order valence-electron chi connectivity index (χ3n) is 12.2. The molecule has 12 amide bonds. The van der Waals surface area contributed by atoms with Gasteiger partial charge < -0.3 is 75.9 Å². The number of nitrogens with zero attached hydrogens (tertiary/aromatic N) is 3. The van der Waals surface area contributed by atoms with Gasteiger partial charge in [0.15, 0.2) is 5.96 Å². The molecule has 0 bridgehead atoms. The van der Waals surface area contributed by atoms with E-state index in [9.17, 15) is 62.6 Å². The van der Waals surface area contributed by atoms with Crippen molar-refractivity contribution in [1.29, 1.82) is 0 Å². The number of aliphatic hydroxyl groups excluding tert-OH is 1. The summed E-state index contributed by atoms with van der Waals surface area (Å²) in [6.07, 6.45) is -0.709. The predicted octanol–water partition coefficient (Wildman–Crippen LogP) is -5.05. The summed E-state index contributed by atoms with van der Waals surface area (Å²) in [7, 11) is 0. The number of nitrogens with one attached hydrogen (secondary N) is 7. The number of imide groups is 1. The Labute approximate surface area is 431 Å². The molecule has 0 radical (unpaired) electrons. The van der Waals surface area contributed by atoms with Crippen LogP contribution < -0.4 is 65.9 Å². The molecule has 0 aromatic rings. The van der Waals surface area contributed by atoms with Gasteiger partial charge in [0.1, 0.15) is 48.3 Å². The number of hydrogen-bond acceptors (Lipinski definition) is 15. The predicted molar refractivity (Wildman–Crippen MR) is 268 cm³/mol. The van der Waals surface area contributed by atoms with E-state index in [0.717, 1.165) is 6.92 Å². The van der Waals surface area contributed by atoms with Crippen LogP contribution in [0, 0.1) is 5.92 Å². The van der Waals surface area contributed by atoms with Crippen molar-refractivity contribution in [2.45, 2.75) is 180 Å². The highest BCUT2D eigenvalue weighted by Gasteiger charge is 2.42. The van der Waals surface area contributed by atoms with E-state index in [2.05, 4.69) is 42.2 Å². The topological polar surface area (TPSA) is 458 Å². The Morgan fingerprint density at radius 2 is 1.34 bits per heavy atom. The summed E-state index contributed by atoms with van der Waals surface area (Å²) in [4.78, 5) is 165. The first kappa shape index (κ1) is 65.0. The first-order valence-electron chi connectivity index (χ1n) is 24.9. The second-order valence-electron chi connectivity index (χ2n) is 18.3.